The maximum Gasteiger partial charge on any atom is 0.0776 e. The molecule has 3 aromatic rings. The lowest BCUT2D eigenvalue weighted by Crippen LogP contribution is -2.45. The molecule has 0 fully saturated rings. The van der Waals surface area contributed by atoms with Gasteiger partial charge in [-0.3, -0.25) is 0 Å². The minimum atomic E-state index is -1.44. The summed E-state index contributed by atoms with van der Waals surface area (Å²) >= 11 is 0. The largest absolute Gasteiger partial charge is 0.0776 e. The highest BCUT2D eigenvalue weighted by Crippen LogP contribution is 2.41. The highest BCUT2D eigenvalue weighted by molar-refractivity contribution is 6.91. The van der Waals surface area contributed by atoms with Gasteiger partial charge in [0.2, 0.25) is 0 Å². The molecule has 0 saturated carbocycles. The van der Waals surface area contributed by atoms with Crippen LogP contribution in [0.3, 0.4) is 0 Å². The zero-order valence-electron chi connectivity index (χ0n) is 21.1. The molecule has 0 nitrogen and oxygen atoms in total. The Morgan fingerprint density at radius 2 is 1.28 bits per heavy atom. The highest BCUT2D eigenvalue weighted by Gasteiger charge is 2.26. The van der Waals surface area contributed by atoms with Crippen LogP contribution in [-0.4, -0.2) is 16.1 Å². The lowest BCUT2D eigenvalue weighted by Gasteiger charge is -2.26. The molecule has 0 bridgehead atoms. The van der Waals surface area contributed by atoms with E-state index in [0.29, 0.717) is 5.92 Å². The van der Waals surface area contributed by atoms with Crippen LogP contribution in [0.25, 0.3) is 22.8 Å². The van der Waals surface area contributed by atoms with E-state index in [-0.39, 0.29) is 0 Å². The summed E-state index contributed by atoms with van der Waals surface area (Å²) in [5.41, 5.74) is 10.1. The molecule has 32 heavy (non-hydrogen) atoms. The number of rotatable bonds is 5. The van der Waals surface area contributed by atoms with Gasteiger partial charge in [-0.1, -0.05) is 124 Å². The van der Waals surface area contributed by atoms with Crippen molar-refractivity contribution in [2.45, 2.75) is 65.5 Å². The number of hydrogen-bond donors (Lipinski definition) is 0. The molecular weight excluding hydrogens is 417 g/mol. The van der Waals surface area contributed by atoms with E-state index in [1.165, 1.54) is 39.0 Å². The molecule has 1 aliphatic rings. The standard InChI is InChI=1S/C30H38Si2/c1-21(2)28-15-14-23-16-24(22-12-10-9-11-13-22)19-29(23)30(28)25-17-26(31(3,4)5)20-27(18-25)32(6,7)8/h9-15,17-21H,16H2,1-8H3. The molecule has 1 aliphatic carbocycles. The lowest BCUT2D eigenvalue weighted by molar-refractivity contribution is 0.868. The van der Waals surface area contributed by atoms with Crippen molar-refractivity contribution >= 4 is 38.2 Å². The van der Waals surface area contributed by atoms with Crippen molar-refractivity contribution in [1.29, 1.82) is 0 Å². The van der Waals surface area contributed by atoms with Crippen LogP contribution in [0.1, 0.15) is 42.0 Å². The van der Waals surface area contributed by atoms with Crippen LogP contribution in [0.2, 0.25) is 39.3 Å². The van der Waals surface area contributed by atoms with Crippen LogP contribution in [0.5, 0.6) is 0 Å². The van der Waals surface area contributed by atoms with E-state index in [1.54, 1.807) is 10.4 Å². The summed E-state index contributed by atoms with van der Waals surface area (Å²) in [6.07, 6.45) is 3.50. The maximum absolute atomic E-state index is 2.55. The Kier molecular flexibility index (Phi) is 5.98. The molecule has 0 saturated heterocycles. The maximum atomic E-state index is 2.55. The topological polar surface area (TPSA) is 0 Å². The van der Waals surface area contributed by atoms with Crippen LogP contribution in [0.15, 0.2) is 60.7 Å². The predicted octanol–water partition coefficient (Wildman–Crippen LogP) is 7.66. The average molecular weight is 455 g/mol. The quantitative estimate of drug-likeness (QED) is 0.347. The highest BCUT2D eigenvalue weighted by atomic mass is 28.3. The molecule has 0 atom stereocenters. The molecule has 2 heteroatoms. The first-order valence-corrected chi connectivity index (χ1v) is 19.0. The minimum absolute atomic E-state index is 0.496. The zero-order valence-corrected chi connectivity index (χ0v) is 23.1. The fourth-order valence-electron chi connectivity index (χ4n) is 4.71. The summed E-state index contributed by atoms with van der Waals surface area (Å²) in [5.74, 6) is 0.496. The number of allylic oxidation sites excluding steroid dienone is 1. The molecule has 0 N–H and O–H groups in total. The smallest absolute Gasteiger partial charge is 0.0656 e. The van der Waals surface area contributed by atoms with Gasteiger partial charge < -0.3 is 0 Å². The summed E-state index contributed by atoms with van der Waals surface area (Å²) in [6.45, 7) is 19.5. The normalized spacial score (nSPS) is 14.0. The summed E-state index contributed by atoms with van der Waals surface area (Å²) in [5, 5.41) is 3.18. The predicted molar refractivity (Wildman–Crippen MR) is 150 cm³/mol. The third kappa shape index (κ3) is 4.49. The van der Waals surface area contributed by atoms with Crippen molar-refractivity contribution in [3.05, 3.63) is 82.9 Å². The molecule has 0 spiro atoms. The van der Waals surface area contributed by atoms with Crippen molar-refractivity contribution in [3.63, 3.8) is 0 Å². The summed E-state index contributed by atoms with van der Waals surface area (Å²) in [7, 11) is -2.87. The van der Waals surface area contributed by atoms with Crippen molar-refractivity contribution in [1.82, 2.24) is 0 Å². The fourth-order valence-corrected chi connectivity index (χ4v) is 7.21. The summed E-state index contributed by atoms with van der Waals surface area (Å²) in [6, 6.07) is 23.3. The second-order valence-corrected chi connectivity index (χ2v) is 21.9. The first-order chi connectivity index (χ1) is 14.9. The molecule has 0 aliphatic heterocycles. The van der Waals surface area contributed by atoms with Gasteiger partial charge >= 0.3 is 0 Å². The molecule has 3 aromatic carbocycles. The first-order valence-electron chi connectivity index (χ1n) is 12.0. The zero-order chi connectivity index (χ0) is 23.3. The molecule has 0 unspecified atom stereocenters. The third-order valence-corrected chi connectivity index (χ3v) is 10.8. The van der Waals surface area contributed by atoms with Crippen LogP contribution < -0.4 is 10.4 Å². The fraction of sp³-hybridized carbons (Fsp3) is 0.333. The first kappa shape index (κ1) is 23.0. The lowest BCUT2D eigenvalue weighted by atomic mass is 9.87. The van der Waals surface area contributed by atoms with E-state index in [1.807, 2.05) is 0 Å². The van der Waals surface area contributed by atoms with Crippen molar-refractivity contribution < 1.29 is 0 Å². The molecule has 0 amide bonds. The minimum Gasteiger partial charge on any atom is -0.0656 e. The van der Waals surface area contributed by atoms with Crippen LogP contribution in [0.4, 0.5) is 0 Å². The Hall–Kier alpha value is -2.17. The van der Waals surface area contributed by atoms with Crippen LogP contribution >= 0.6 is 0 Å². The van der Waals surface area contributed by atoms with E-state index >= 15 is 0 Å². The Labute approximate surface area is 197 Å². The van der Waals surface area contributed by atoms with Gasteiger partial charge in [0.25, 0.3) is 0 Å². The molecule has 0 aromatic heterocycles. The molecular formula is C30H38Si2. The van der Waals surface area contributed by atoms with Gasteiger partial charge in [-0.15, -0.1) is 0 Å². The monoisotopic (exact) mass is 454 g/mol. The molecule has 166 valence electrons. The average Bonchev–Trinajstić information content (AvgIpc) is 3.16. The van der Waals surface area contributed by atoms with E-state index in [2.05, 4.69) is 120 Å². The van der Waals surface area contributed by atoms with E-state index < -0.39 is 16.1 Å². The van der Waals surface area contributed by atoms with Gasteiger partial charge in [-0.2, -0.15) is 0 Å². The summed E-state index contributed by atoms with van der Waals surface area (Å²) in [4.78, 5) is 0. The second kappa shape index (κ2) is 8.31. The summed E-state index contributed by atoms with van der Waals surface area (Å²) < 4.78 is 0. The molecule has 0 radical (unpaired) electrons. The van der Waals surface area contributed by atoms with Crippen LogP contribution in [-0.2, 0) is 6.42 Å². The van der Waals surface area contributed by atoms with E-state index in [9.17, 15) is 0 Å². The van der Waals surface area contributed by atoms with Gasteiger partial charge in [0.15, 0.2) is 0 Å². The Morgan fingerprint density at radius 1 is 0.688 bits per heavy atom. The third-order valence-electron chi connectivity index (χ3n) is 6.79. The van der Waals surface area contributed by atoms with E-state index in [4.69, 9.17) is 0 Å². The van der Waals surface area contributed by atoms with Crippen molar-refractivity contribution in [3.8, 4) is 11.1 Å². The Morgan fingerprint density at radius 3 is 1.81 bits per heavy atom. The Balaban J connectivity index is 1.99. The van der Waals surface area contributed by atoms with Gasteiger partial charge in [0.1, 0.15) is 0 Å². The number of hydrogen-bond acceptors (Lipinski definition) is 0. The van der Waals surface area contributed by atoms with E-state index in [0.717, 1.165) is 6.42 Å². The van der Waals surface area contributed by atoms with Gasteiger partial charge in [-0.25, -0.2) is 0 Å². The van der Waals surface area contributed by atoms with Gasteiger partial charge in [0, 0.05) is 0 Å². The van der Waals surface area contributed by atoms with Crippen molar-refractivity contribution in [2.75, 3.05) is 0 Å². The second-order valence-electron chi connectivity index (χ2n) is 11.8. The van der Waals surface area contributed by atoms with Gasteiger partial charge in [-0.05, 0) is 57.4 Å². The Bertz CT molecular complexity index is 1140. The SMILES string of the molecule is CC(C)c1ccc2c(c1-c1cc([Si](C)(C)C)cc([Si](C)(C)C)c1)C=C(c1ccccc1)C2. The molecule has 0 heterocycles. The number of fused-ring (bicyclic) bond motifs is 1. The number of benzene rings is 3. The van der Waals surface area contributed by atoms with Crippen molar-refractivity contribution in [2.24, 2.45) is 0 Å². The molecule has 4 rings (SSSR count). The van der Waals surface area contributed by atoms with Gasteiger partial charge in [0.05, 0.1) is 16.1 Å². The van der Waals surface area contributed by atoms with Crippen LogP contribution in [0, 0.1) is 0 Å².